The highest BCUT2D eigenvalue weighted by Crippen LogP contribution is 2.25. The standard InChI is InChI=1S/C18H23NO2/c1-15-7-6-10-17(13-15)21-12-11-18(14-20,19-2)16-8-4-3-5-9-16/h3-10,13,19-20H,11-12,14H2,1-2H3. The van der Waals surface area contributed by atoms with Gasteiger partial charge < -0.3 is 15.2 Å². The fourth-order valence-electron chi connectivity index (χ4n) is 2.47. The molecule has 1 unspecified atom stereocenters. The fourth-order valence-corrected chi connectivity index (χ4v) is 2.47. The summed E-state index contributed by atoms with van der Waals surface area (Å²) < 4.78 is 5.82. The molecule has 0 aliphatic rings. The number of ether oxygens (including phenoxy) is 1. The molecule has 2 aromatic rings. The van der Waals surface area contributed by atoms with E-state index in [1.165, 1.54) is 5.56 Å². The Morgan fingerprint density at radius 3 is 2.48 bits per heavy atom. The molecular formula is C18H23NO2. The van der Waals surface area contributed by atoms with Gasteiger partial charge >= 0.3 is 0 Å². The largest absolute Gasteiger partial charge is 0.494 e. The summed E-state index contributed by atoms with van der Waals surface area (Å²) in [6.45, 7) is 2.62. The van der Waals surface area contributed by atoms with Crippen molar-refractivity contribution in [1.29, 1.82) is 0 Å². The molecule has 0 aliphatic carbocycles. The van der Waals surface area contributed by atoms with Gasteiger partial charge in [-0.05, 0) is 37.2 Å². The van der Waals surface area contributed by atoms with Crippen LogP contribution in [0.1, 0.15) is 17.5 Å². The third-order valence-corrected chi connectivity index (χ3v) is 3.86. The van der Waals surface area contributed by atoms with Gasteiger partial charge in [0, 0.05) is 6.42 Å². The molecule has 1 atom stereocenters. The van der Waals surface area contributed by atoms with E-state index in [-0.39, 0.29) is 6.61 Å². The van der Waals surface area contributed by atoms with Gasteiger partial charge in [-0.3, -0.25) is 0 Å². The number of nitrogens with one attached hydrogen (secondary N) is 1. The average molecular weight is 285 g/mol. The predicted octanol–water partition coefficient (Wildman–Crippen LogP) is 2.87. The second kappa shape index (κ2) is 7.25. The number of aliphatic hydroxyl groups excluding tert-OH is 1. The first-order chi connectivity index (χ1) is 10.2. The van der Waals surface area contributed by atoms with Gasteiger partial charge in [0.15, 0.2) is 0 Å². The van der Waals surface area contributed by atoms with E-state index in [0.29, 0.717) is 13.0 Å². The van der Waals surface area contributed by atoms with Crippen LogP contribution in [0, 0.1) is 6.92 Å². The van der Waals surface area contributed by atoms with E-state index in [0.717, 1.165) is 11.3 Å². The third-order valence-electron chi connectivity index (χ3n) is 3.86. The maximum absolute atomic E-state index is 9.85. The molecule has 3 nitrogen and oxygen atoms in total. The van der Waals surface area contributed by atoms with Crippen LogP contribution >= 0.6 is 0 Å². The Bertz CT molecular complexity index is 550. The molecule has 0 amide bonds. The molecule has 2 aromatic carbocycles. The minimum absolute atomic E-state index is 0.0324. The van der Waals surface area contributed by atoms with E-state index >= 15 is 0 Å². The van der Waals surface area contributed by atoms with Crippen molar-refractivity contribution in [3.8, 4) is 5.75 Å². The van der Waals surface area contributed by atoms with Crippen LogP contribution < -0.4 is 10.1 Å². The number of aryl methyl sites for hydroxylation is 1. The molecule has 0 radical (unpaired) electrons. The van der Waals surface area contributed by atoms with Gasteiger partial charge in [-0.2, -0.15) is 0 Å². The van der Waals surface area contributed by atoms with Crippen molar-refractivity contribution in [3.05, 3.63) is 65.7 Å². The van der Waals surface area contributed by atoms with Crippen LogP contribution in [0.25, 0.3) is 0 Å². The number of rotatable bonds is 7. The first-order valence-electron chi connectivity index (χ1n) is 7.25. The molecule has 0 heterocycles. The molecule has 0 aromatic heterocycles. The van der Waals surface area contributed by atoms with Gasteiger partial charge in [0.1, 0.15) is 5.75 Å². The normalized spacial score (nSPS) is 13.7. The van der Waals surface area contributed by atoms with Gasteiger partial charge in [0.2, 0.25) is 0 Å². The lowest BCUT2D eigenvalue weighted by molar-refractivity contribution is 0.137. The highest BCUT2D eigenvalue weighted by Gasteiger charge is 2.29. The van der Waals surface area contributed by atoms with Crippen LogP contribution in [0.15, 0.2) is 54.6 Å². The van der Waals surface area contributed by atoms with E-state index in [4.69, 9.17) is 4.74 Å². The number of likely N-dealkylation sites (N-methyl/N-ethyl adjacent to an activating group) is 1. The SMILES string of the molecule is CNC(CO)(CCOc1cccc(C)c1)c1ccccc1. The minimum Gasteiger partial charge on any atom is -0.494 e. The van der Waals surface area contributed by atoms with Crippen LogP contribution in [0.2, 0.25) is 0 Å². The van der Waals surface area contributed by atoms with E-state index in [9.17, 15) is 5.11 Å². The van der Waals surface area contributed by atoms with Gasteiger partial charge in [0.25, 0.3) is 0 Å². The Balaban J connectivity index is 2.04. The van der Waals surface area contributed by atoms with Crippen molar-refractivity contribution in [2.75, 3.05) is 20.3 Å². The Morgan fingerprint density at radius 1 is 1.10 bits per heavy atom. The van der Waals surface area contributed by atoms with Gasteiger partial charge in [-0.25, -0.2) is 0 Å². The molecule has 0 bridgehead atoms. The van der Waals surface area contributed by atoms with Crippen molar-refractivity contribution in [2.45, 2.75) is 18.9 Å². The summed E-state index contributed by atoms with van der Waals surface area (Å²) in [6.07, 6.45) is 0.692. The van der Waals surface area contributed by atoms with Crippen LogP contribution in [0.4, 0.5) is 0 Å². The summed E-state index contributed by atoms with van der Waals surface area (Å²) in [5.74, 6) is 0.867. The highest BCUT2D eigenvalue weighted by molar-refractivity contribution is 5.28. The Kier molecular flexibility index (Phi) is 5.37. The maximum atomic E-state index is 9.85. The number of benzene rings is 2. The van der Waals surface area contributed by atoms with E-state index in [2.05, 4.69) is 5.32 Å². The Morgan fingerprint density at radius 2 is 1.86 bits per heavy atom. The molecule has 0 aliphatic heterocycles. The lowest BCUT2D eigenvalue weighted by atomic mass is 9.88. The maximum Gasteiger partial charge on any atom is 0.119 e. The average Bonchev–Trinajstić information content (AvgIpc) is 2.53. The molecule has 0 saturated heterocycles. The highest BCUT2D eigenvalue weighted by atomic mass is 16.5. The molecular weight excluding hydrogens is 262 g/mol. The molecule has 0 fully saturated rings. The summed E-state index contributed by atoms with van der Waals surface area (Å²) in [7, 11) is 1.87. The fraction of sp³-hybridized carbons (Fsp3) is 0.333. The second-order valence-corrected chi connectivity index (χ2v) is 5.27. The van der Waals surface area contributed by atoms with Crippen LogP contribution in [0.5, 0.6) is 5.75 Å². The lowest BCUT2D eigenvalue weighted by Crippen LogP contribution is -2.44. The zero-order chi connectivity index (χ0) is 15.1. The number of hydrogen-bond donors (Lipinski definition) is 2. The van der Waals surface area contributed by atoms with Gasteiger partial charge in [-0.15, -0.1) is 0 Å². The minimum atomic E-state index is -0.467. The quantitative estimate of drug-likeness (QED) is 0.822. The van der Waals surface area contributed by atoms with Gasteiger partial charge in [0.05, 0.1) is 18.8 Å². The Labute approximate surface area is 126 Å². The first-order valence-corrected chi connectivity index (χ1v) is 7.25. The topological polar surface area (TPSA) is 41.5 Å². The first kappa shape index (κ1) is 15.5. The summed E-state index contributed by atoms with van der Waals surface area (Å²) in [6, 6.07) is 18.0. The summed E-state index contributed by atoms with van der Waals surface area (Å²) >= 11 is 0. The van der Waals surface area contributed by atoms with Crippen molar-refractivity contribution in [3.63, 3.8) is 0 Å². The van der Waals surface area contributed by atoms with Crippen molar-refractivity contribution >= 4 is 0 Å². The summed E-state index contributed by atoms with van der Waals surface area (Å²) in [4.78, 5) is 0. The van der Waals surface area contributed by atoms with Crippen molar-refractivity contribution in [1.82, 2.24) is 5.32 Å². The zero-order valence-electron chi connectivity index (χ0n) is 12.7. The summed E-state index contributed by atoms with van der Waals surface area (Å²) in [5.41, 5.74) is 1.78. The summed E-state index contributed by atoms with van der Waals surface area (Å²) in [5, 5.41) is 13.1. The van der Waals surface area contributed by atoms with Crippen LogP contribution in [0.3, 0.4) is 0 Å². The molecule has 21 heavy (non-hydrogen) atoms. The van der Waals surface area contributed by atoms with E-state index < -0.39 is 5.54 Å². The number of hydrogen-bond acceptors (Lipinski definition) is 3. The Hall–Kier alpha value is -1.84. The number of aliphatic hydroxyl groups is 1. The molecule has 0 spiro atoms. The second-order valence-electron chi connectivity index (χ2n) is 5.27. The lowest BCUT2D eigenvalue weighted by Gasteiger charge is -2.32. The van der Waals surface area contributed by atoms with E-state index in [1.54, 1.807) is 0 Å². The molecule has 3 heteroatoms. The molecule has 112 valence electrons. The van der Waals surface area contributed by atoms with Crippen molar-refractivity contribution < 1.29 is 9.84 Å². The third kappa shape index (κ3) is 3.84. The van der Waals surface area contributed by atoms with Crippen molar-refractivity contribution in [2.24, 2.45) is 0 Å². The molecule has 2 N–H and O–H groups in total. The van der Waals surface area contributed by atoms with Crippen LogP contribution in [-0.2, 0) is 5.54 Å². The van der Waals surface area contributed by atoms with Gasteiger partial charge in [-0.1, -0.05) is 42.5 Å². The van der Waals surface area contributed by atoms with Crippen LogP contribution in [-0.4, -0.2) is 25.4 Å². The smallest absolute Gasteiger partial charge is 0.119 e. The molecule has 2 rings (SSSR count). The predicted molar refractivity (Wildman–Crippen MR) is 85.6 cm³/mol. The molecule has 0 saturated carbocycles. The zero-order valence-corrected chi connectivity index (χ0v) is 12.7. The van der Waals surface area contributed by atoms with E-state index in [1.807, 2.05) is 68.6 Å². The monoisotopic (exact) mass is 285 g/mol.